The van der Waals surface area contributed by atoms with Gasteiger partial charge in [-0.05, 0) is 32.2 Å². The van der Waals surface area contributed by atoms with Crippen LogP contribution in [0.5, 0.6) is 0 Å². The molecule has 2 unspecified atom stereocenters. The maximum Gasteiger partial charge on any atom is 0.311 e. The first-order chi connectivity index (χ1) is 9.49. The number of fused-ring (bicyclic) bond motifs is 1. The predicted molar refractivity (Wildman–Crippen MR) is 72.5 cm³/mol. The van der Waals surface area contributed by atoms with E-state index in [1.54, 1.807) is 0 Å². The van der Waals surface area contributed by atoms with Crippen LogP contribution in [0.25, 0.3) is 0 Å². The molecular formula is C12H16N4O3S. The highest BCUT2D eigenvalue weighted by Crippen LogP contribution is 2.57. The Bertz CT molecular complexity index is 561. The number of rotatable bonds is 4. The molecule has 2 heterocycles. The van der Waals surface area contributed by atoms with E-state index in [1.165, 1.54) is 11.3 Å². The van der Waals surface area contributed by atoms with Crippen molar-refractivity contribution in [3.05, 3.63) is 5.01 Å². The number of amides is 1. The van der Waals surface area contributed by atoms with E-state index >= 15 is 0 Å². The van der Waals surface area contributed by atoms with Crippen molar-refractivity contribution in [1.29, 1.82) is 0 Å². The fraction of sp³-hybridized carbons (Fsp3) is 0.667. The first-order valence-electron chi connectivity index (χ1n) is 6.55. The molecule has 1 aromatic rings. The Morgan fingerprint density at radius 1 is 1.55 bits per heavy atom. The van der Waals surface area contributed by atoms with E-state index in [0.29, 0.717) is 17.6 Å². The number of hydrogen-bond acceptors (Lipinski definition) is 6. The van der Waals surface area contributed by atoms with Crippen molar-refractivity contribution < 1.29 is 14.7 Å². The lowest BCUT2D eigenvalue weighted by Gasteiger charge is -2.29. The van der Waals surface area contributed by atoms with Crippen molar-refractivity contribution >= 4 is 28.3 Å². The number of aromatic nitrogens is 2. The second-order valence-electron chi connectivity index (χ2n) is 5.54. The van der Waals surface area contributed by atoms with Gasteiger partial charge in [-0.25, -0.2) is 0 Å². The van der Waals surface area contributed by atoms with Gasteiger partial charge in [0, 0.05) is 6.54 Å². The summed E-state index contributed by atoms with van der Waals surface area (Å²) in [4.78, 5) is 25.1. The number of hydrogen-bond donors (Lipinski definition) is 2. The Kier molecular flexibility index (Phi) is 3.21. The van der Waals surface area contributed by atoms with Crippen molar-refractivity contribution in [2.24, 2.45) is 11.3 Å². The topological polar surface area (TPSA) is 95.4 Å². The third-order valence-corrected chi connectivity index (χ3v) is 4.85. The summed E-state index contributed by atoms with van der Waals surface area (Å²) in [7, 11) is 0. The molecule has 1 saturated carbocycles. The number of aliphatic carboxylic acids is 1. The van der Waals surface area contributed by atoms with Crippen LogP contribution in [0.15, 0.2) is 0 Å². The Hall–Kier alpha value is -1.54. The lowest BCUT2D eigenvalue weighted by atomic mass is 9.97. The monoisotopic (exact) mass is 296 g/mol. The third-order valence-electron chi connectivity index (χ3n) is 4.10. The Morgan fingerprint density at radius 3 is 3.00 bits per heavy atom. The molecule has 8 heteroatoms. The molecule has 0 radical (unpaired) electrons. The summed E-state index contributed by atoms with van der Waals surface area (Å²) in [5.74, 6) is -0.599. The van der Waals surface area contributed by atoms with Crippen LogP contribution in [0.2, 0.25) is 0 Å². The van der Waals surface area contributed by atoms with Crippen LogP contribution in [0.1, 0.15) is 17.8 Å². The minimum atomic E-state index is -0.729. The Morgan fingerprint density at radius 2 is 2.35 bits per heavy atom. The van der Waals surface area contributed by atoms with Crippen molar-refractivity contribution in [1.82, 2.24) is 15.1 Å². The molecule has 1 aromatic heterocycles. The fourth-order valence-electron chi connectivity index (χ4n) is 2.94. The summed E-state index contributed by atoms with van der Waals surface area (Å²) >= 11 is 1.32. The zero-order valence-electron chi connectivity index (χ0n) is 11.1. The van der Waals surface area contributed by atoms with E-state index in [1.807, 2.05) is 11.8 Å². The van der Waals surface area contributed by atoms with Gasteiger partial charge in [-0.3, -0.25) is 19.8 Å². The summed E-state index contributed by atoms with van der Waals surface area (Å²) in [5.41, 5.74) is -0.599. The van der Waals surface area contributed by atoms with Crippen molar-refractivity contribution in [3.63, 3.8) is 0 Å². The molecule has 1 aliphatic carbocycles. The number of aryl methyl sites for hydroxylation is 1. The number of carboxylic acid groups (broad SMARTS) is 1. The summed E-state index contributed by atoms with van der Waals surface area (Å²) in [6.07, 6.45) is 1.60. The summed E-state index contributed by atoms with van der Waals surface area (Å²) < 4.78 is 0. The highest BCUT2D eigenvalue weighted by Gasteiger charge is 2.62. The molecule has 108 valence electrons. The van der Waals surface area contributed by atoms with Crippen LogP contribution in [-0.4, -0.2) is 51.7 Å². The highest BCUT2D eigenvalue weighted by molar-refractivity contribution is 7.15. The first kappa shape index (κ1) is 13.4. The van der Waals surface area contributed by atoms with Crippen LogP contribution in [0.3, 0.4) is 0 Å². The van der Waals surface area contributed by atoms with Gasteiger partial charge in [-0.1, -0.05) is 11.3 Å². The fourth-order valence-corrected chi connectivity index (χ4v) is 3.55. The summed E-state index contributed by atoms with van der Waals surface area (Å²) in [6, 6.07) is 0. The number of nitrogens with one attached hydrogen (secondary N) is 1. The van der Waals surface area contributed by atoms with Crippen molar-refractivity contribution in [3.8, 4) is 0 Å². The van der Waals surface area contributed by atoms with Crippen LogP contribution >= 0.6 is 11.3 Å². The Balaban J connectivity index is 1.55. The predicted octanol–water partition coefficient (Wildman–Crippen LogP) is 0.582. The maximum atomic E-state index is 11.9. The van der Waals surface area contributed by atoms with Gasteiger partial charge in [0.25, 0.3) is 0 Å². The van der Waals surface area contributed by atoms with Gasteiger partial charge in [0.2, 0.25) is 11.0 Å². The molecular weight excluding hydrogens is 280 g/mol. The molecule has 20 heavy (non-hydrogen) atoms. The first-order valence-corrected chi connectivity index (χ1v) is 7.37. The number of anilines is 1. The van der Waals surface area contributed by atoms with Gasteiger partial charge in [0.15, 0.2) is 0 Å². The van der Waals surface area contributed by atoms with Crippen LogP contribution in [-0.2, 0) is 9.59 Å². The van der Waals surface area contributed by atoms with Gasteiger partial charge < -0.3 is 5.11 Å². The van der Waals surface area contributed by atoms with E-state index in [-0.39, 0.29) is 12.5 Å². The highest BCUT2D eigenvalue weighted by atomic mass is 32.1. The quantitative estimate of drug-likeness (QED) is 0.844. The van der Waals surface area contributed by atoms with E-state index in [0.717, 1.165) is 24.4 Å². The average molecular weight is 296 g/mol. The number of nitrogens with zero attached hydrogens (tertiary/aromatic N) is 3. The number of likely N-dealkylation sites (tertiary alicyclic amines) is 1. The summed E-state index contributed by atoms with van der Waals surface area (Å²) in [5, 5.41) is 20.9. The minimum Gasteiger partial charge on any atom is -0.481 e. The van der Waals surface area contributed by atoms with Gasteiger partial charge >= 0.3 is 5.97 Å². The molecule has 7 nitrogen and oxygen atoms in total. The van der Waals surface area contributed by atoms with Crippen LogP contribution < -0.4 is 5.32 Å². The number of carbonyl (C=O) groups is 2. The molecule has 1 saturated heterocycles. The number of piperidine rings is 1. The molecule has 2 aliphatic rings. The number of carbonyl (C=O) groups excluding carboxylic acids is 1. The van der Waals surface area contributed by atoms with Gasteiger partial charge in [0.1, 0.15) is 5.01 Å². The molecule has 0 bridgehead atoms. The van der Waals surface area contributed by atoms with Crippen molar-refractivity contribution in [2.75, 3.05) is 25.0 Å². The molecule has 2 N–H and O–H groups in total. The molecule has 3 rings (SSSR count). The Labute approximate surface area is 120 Å². The smallest absolute Gasteiger partial charge is 0.311 e. The van der Waals surface area contributed by atoms with Crippen LogP contribution in [0, 0.1) is 18.3 Å². The normalized spacial score (nSPS) is 28.8. The zero-order chi connectivity index (χ0) is 14.3. The van der Waals surface area contributed by atoms with E-state index < -0.39 is 11.4 Å². The molecule has 2 atom stereocenters. The lowest BCUT2D eigenvalue weighted by molar-refractivity contribution is -0.146. The number of carboxylic acids is 1. The van der Waals surface area contributed by atoms with E-state index in [9.17, 15) is 14.7 Å². The molecule has 1 aliphatic heterocycles. The van der Waals surface area contributed by atoms with Gasteiger partial charge in [-0.2, -0.15) is 0 Å². The van der Waals surface area contributed by atoms with Gasteiger partial charge in [-0.15, -0.1) is 10.2 Å². The zero-order valence-corrected chi connectivity index (χ0v) is 11.9. The molecule has 1 amide bonds. The lowest BCUT2D eigenvalue weighted by Crippen LogP contribution is -2.44. The van der Waals surface area contributed by atoms with E-state index in [2.05, 4.69) is 15.5 Å². The molecule has 0 spiro atoms. The van der Waals surface area contributed by atoms with Gasteiger partial charge in [0.05, 0.1) is 12.0 Å². The molecule has 0 aromatic carbocycles. The minimum absolute atomic E-state index is 0.166. The second kappa shape index (κ2) is 4.78. The third kappa shape index (κ3) is 2.40. The average Bonchev–Trinajstić information content (AvgIpc) is 2.99. The second-order valence-corrected chi connectivity index (χ2v) is 6.72. The van der Waals surface area contributed by atoms with Crippen molar-refractivity contribution in [2.45, 2.75) is 19.8 Å². The molecule has 2 fully saturated rings. The standard InChI is InChI=1S/C12H16N4O3S/c1-7-14-15-11(20-7)13-9(17)5-16-3-2-8-4-12(8,6-16)10(18)19/h8H,2-6H2,1H3,(H,18,19)(H,13,15,17). The largest absolute Gasteiger partial charge is 0.481 e. The maximum absolute atomic E-state index is 11.9. The van der Waals surface area contributed by atoms with Crippen LogP contribution in [0.4, 0.5) is 5.13 Å². The van der Waals surface area contributed by atoms with E-state index in [4.69, 9.17) is 0 Å². The SMILES string of the molecule is Cc1nnc(NC(=O)CN2CCC3CC3(C(=O)O)C2)s1. The summed E-state index contributed by atoms with van der Waals surface area (Å²) in [6.45, 7) is 3.28.